The molecule has 1 aliphatic rings. The van der Waals surface area contributed by atoms with Gasteiger partial charge in [0.15, 0.2) is 5.96 Å². The van der Waals surface area contributed by atoms with Gasteiger partial charge >= 0.3 is 0 Å². The van der Waals surface area contributed by atoms with Gasteiger partial charge in [-0.25, -0.2) is 0 Å². The van der Waals surface area contributed by atoms with Crippen LogP contribution in [-0.4, -0.2) is 60.0 Å². The number of hydrogen-bond acceptors (Lipinski definition) is 4. The summed E-state index contributed by atoms with van der Waals surface area (Å²) in [6.07, 6.45) is 6.37. The Bertz CT molecular complexity index is 544. The van der Waals surface area contributed by atoms with E-state index in [0.29, 0.717) is 6.04 Å². The second kappa shape index (κ2) is 9.08. The summed E-state index contributed by atoms with van der Waals surface area (Å²) < 4.78 is 1.86. The quantitative estimate of drug-likeness (QED) is 0.411. The van der Waals surface area contributed by atoms with Crippen LogP contribution in [0.3, 0.4) is 0 Å². The molecule has 0 aromatic carbocycles. The molecular weight excluding hydrogens is 314 g/mol. The number of aromatic nitrogens is 2. The lowest BCUT2D eigenvalue weighted by Gasteiger charge is -2.34. The van der Waals surface area contributed by atoms with Crippen LogP contribution in [0.15, 0.2) is 17.4 Å². The van der Waals surface area contributed by atoms with E-state index in [1.165, 1.54) is 18.5 Å². The first-order valence-electron chi connectivity index (χ1n) is 9.41. The average Bonchev–Trinajstić information content (AvgIpc) is 2.98. The third kappa shape index (κ3) is 6.94. The van der Waals surface area contributed by atoms with Crippen LogP contribution in [0.4, 0.5) is 5.69 Å². The first kappa shape index (κ1) is 19.6. The van der Waals surface area contributed by atoms with Gasteiger partial charge in [-0.15, -0.1) is 0 Å². The number of aryl methyl sites for hydroxylation is 1. The zero-order chi connectivity index (χ0) is 18.3. The highest BCUT2D eigenvalue weighted by molar-refractivity contribution is 5.80. The summed E-state index contributed by atoms with van der Waals surface area (Å²) >= 11 is 0. The summed E-state index contributed by atoms with van der Waals surface area (Å²) in [5, 5.41) is 14.7. The maximum absolute atomic E-state index is 4.71. The SMILES string of the molecule is CCNC(=NCCNC(C)(C)C)NC1CCCN(c2cnn(C)c2)C1. The Morgan fingerprint density at radius 3 is 2.84 bits per heavy atom. The van der Waals surface area contributed by atoms with E-state index in [4.69, 9.17) is 4.99 Å². The van der Waals surface area contributed by atoms with Gasteiger partial charge in [0.2, 0.25) is 0 Å². The standard InChI is InChI=1S/C18H35N7/c1-6-19-17(20-9-10-21-18(2,3)4)23-15-8-7-11-25(13-15)16-12-22-24(5)14-16/h12,14-15,21H,6-11,13H2,1-5H3,(H2,19,20,23). The Balaban J connectivity index is 1.87. The fourth-order valence-corrected chi connectivity index (χ4v) is 3.01. The Kier molecular flexibility index (Phi) is 7.11. The summed E-state index contributed by atoms with van der Waals surface area (Å²) in [7, 11) is 1.96. The maximum Gasteiger partial charge on any atom is 0.191 e. The van der Waals surface area contributed by atoms with Crippen molar-refractivity contribution in [2.24, 2.45) is 12.0 Å². The molecule has 2 heterocycles. The van der Waals surface area contributed by atoms with Crippen molar-refractivity contribution < 1.29 is 0 Å². The molecule has 0 aliphatic carbocycles. The van der Waals surface area contributed by atoms with E-state index in [9.17, 15) is 0 Å². The van der Waals surface area contributed by atoms with Crippen molar-refractivity contribution in [2.45, 2.75) is 52.1 Å². The average molecular weight is 350 g/mol. The number of piperidine rings is 1. The molecule has 1 aromatic heterocycles. The van der Waals surface area contributed by atoms with Crippen LogP contribution >= 0.6 is 0 Å². The molecule has 1 aromatic rings. The minimum Gasteiger partial charge on any atom is -0.367 e. The predicted molar refractivity (Wildman–Crippen MR) is 105 cm³/mol. The van der Waals surface area contributed by atoms with E-state index in [1.54, 1.807) is 0 Å². The van der Waals surface area contributed by atoms with Crippen molar-refractivity contribution in [3.63, 3.8) is 0 Å². The van der Waals surface area contributed by atoms with Gasteiger partial charge in [0.1, 0.15) is 0 Å². The van der Waals surface area contributed by atoms with Crippen LogP contribution in [0.1, 0.15) is 40.5 Å². The lowest BCUT2D eigenvalue weighted by atomic mass is 10.1. The third-order valence-corrected chi connectivity index (χ3v) is 4.20. The number of nitrogens with zero attached hydrogens (tertiary/aromatic N) is 4. The van der Waals surface area contributed by atoms with Gasteiger partial charge in [0.05, 0.1) is 18.4 Å². The summed E-state index contributed by atoms with van der Waals surface area (Å²) in [6.45, 7) is 13.2. The molecule has 1 unspecified atom stereocenters. The van der Waals surface area contributed by atoms with Crippen LogP contribution in [0, 0.1) is 0 Å². The smallest absolute Gasteiger partial charge is 0.191 e. The number of nitrogens with one attached hydrogen (secondary N) is 3. The lowest BCUT2D eigenvalue weighted by Crippen LogP contribution is -2.51. The van der Waals surface area contributed by atoms with Crippen LogP contribution in [0.5, 0.6) is 0 Å². The first-order chi connectivity index (χ1) is 11.9. The molecule has 1 saturated heterocycles. The molecule has 0 spiro atoms. The highest BCUT2D eigenvalue weighted by Crippen LogP contribution is 2.18. The van der Waals surface area contributed by atoms with E-state index in [2.05, 4.69) is 59.8 Å². The van der Waals surface area contributed by atoms with Crippen molar-refractivity contribution in [1.29, 1.82) is 0 Å². The normalized spacial score (nSPS) is 19.2. The van der Waals surface area contributed by atoms with E-state index >= 15 is 0 Å². The summed E-state index contributed by atoms with van der Waals surface area (Å²) in [5.74, 6) is 0.913. The van der Waals surface area contributed by atoms with Crippen LogP contribution in [-0.2, 0) is 7.05 Å². The molecule has 1 atom stereocenters. The molecule has 1 aliphatic heterocycles. The molecule has 0 amide bonds. The second-order valence-electron chi connectivity index (χ2n) is 7.74. The molecule has 0 bridgehead atoms. The molecule has 7 heteroatoms. The number of anilines is 1. The summed E-state index contributed by atoms with van der Waals surface area (Å²) in [5.41, 5.74) is 1.33. The minimum atomic E-state index is 0.134. The molecule has 25 heavy (non-hydrogen) atoms. The van der Waals surface area contributed by atoms with Gasteiger partial charge in [-0.3, -0.25) is 9.67 Å². The van der Waals surface area contributed by atoms with E-state index < -0.39 is 0 Å². The van der Waals surface area contributed by atoms with Gasteiger partial charge in [0, 0.05) is 51.0 Å². The van der Waals surface area contributed by atoms with Gasteiger partial charge < -0.3 is 20.9 Å². The molecule has 1 fully saturated rings. The van der Waals surface area contributed by atoms with Gasteiger partial charge in [-0.2, -0.15) is 5.10 Å². The maximum atomic E-state index is 4.71. The summed E-state index contributed by atoms with van der Waals surface area (Å²) in [4.78, 5) is 7.11. The van der Waals surface area contributed by atoms with Gasteiger partial charge in [0.25, 0.3) is 0 Å². The molecule has 0 radical (unpaired) electrons. The van der Waals surface area contributed by atoms with Gasteiger partial charge in [-0.1, -0.05) is 0 Å². The van der Waals surface area contributed by atoms with E-state index in [1.807, 2.05) is 17.9 Å². The number of hydrogen-bond donors (Lipinski definition) is 3. The van der Waals surface area contributed by atoms with Crippen molar-refractivity contribution in [3.05, 3.63) is 12.4 Å². The monoisotopic (exact) mass is 349 g/mol. The van der Waals surface area contributed by atoms with Crippen LogP contribution in [0.2, 0.25) is 0 Å². The summed E-state index contributed by atoms with van der Waals surface area (Å²) in [6, 6.07) is 0.405. The molecule has 7 nitrogen and oxygen atoms in total. The fourth-order valence-electron chi connectivity index (χ4n) is 3.01. The Morgan fingerprint density at radius 1 is 1.40 bits per heavy atom. The number of rotatable bonds is 6. The van der Waals surface area contributed by atoms with Crippen molar-refractivity contribution >= 4 is 11.6 Å². The largest absolute Gasteiger partial charge is 0.367 e. The van der Waals surface area contributed by atoms with Crippen molar-refractivity contribution in [2.75, 3.05) is 37.6 Å². The third-order valence-electron chi connectivity index (χ3n) is 4.20. The second-order valence-corrected chi connectivity index (χ2v) is 7.74. The molecule has 0 saturated carbocycles. The molecule has 142 valence electrons. The lowest BCUT2D eigenvalue weighted by molar-refractivity contribution is 0.431. The number of guanidine groups is 1. The zero-order valence-electron chi connectivity index (χ0n) is 16.5. The predicted octanol–water partition coefficient (Wildman–Crippen LogP) is 1.33. The minimum absolute atomic E-state index is 0.134. The fraction of sp³-hybridized carbons (Fsp3) is 0.778. The molecule has 2 rings (SSSR count). The van der Waals surface area contributed by atoms with E-state index in [0.717, 1.165) is 38.7 Å². The highest BCUT2D eigenvalue weighted by Gasteiger charge is 2.21. The van der Waals surface area contributed by atoms with Crippen molar-refractivity contribution in [3.8, 4) is 0 Å². The highest BCUT2D eigenvalue weighted by atomic mass is 15.3. The first-order valence-corrected chi connectivity index (χ1v) is 9.41. The number of aliphatic imine (C=N–C) groups is 1. The molecular formula is C18H35N7. The molecule has 3 N–H and O–H groups in total. The van der Waals surface area contributed by atoms with Crippen LogP contribution in [0.25, 0.3) is 0 Å². The van der Waals surface area contributed by atoms with E-state index in [-0.39, 0.29) is 5.54 Å². The Hall–Kier alpha value is -1.76. The van der Waals surface area contributed by atoms with Crippen molar-refractivity contribution in [1.82, 2.24) is 25.7 Å². The topological polar surface area (TPSA) is 69.5 Å². The zero-order valence-corrected chi connectivity index (χ0v) is 16.5. The Labute approximate surface area is 152 Å². The van der Waals surface area contributed by atoms with Gasteiger partial charge in [-0.05, 0) is 40.5 Å². The van der Waals surface area contributed by atoms with Crippen LogP contribution < -0.4 is 20.9 Å². The Morgan fingerprint density at radius 2 is 2.20 bits per heavy atom.